The lowest BCUT2D eigenvalue weighted by molar-refractivity contribution is -0.136. The second kappa shape index (κ2) is 15.2. The van der Waals surface area contributed by atoms with Gasteiger partial charge in [-0.2, -0.15) is 0 Å². The lowest BCUT2D eigenvalue weighted by Crippen LogP contribution is -2.54. The molecule has 5 aliphatic heterocycles. The number of nitrogens with one attached hydrogen (secondary N) is 1. The first-order chi connectivity index (χ1) is 31.0. The topological polar surface area (TPSA) is 153 Å². The fourth-order valence-electron chi connectivity index (χ4n) is 8.15. The van der Waals surface area contributed by atoms with Crippen LogP contribution < -0.4 is 10.2 Å². The number of benzene rings is 2. The first-order valence-corrected chi connectivity index (χ1v) is 20.2. The lowest BCUT2D eigenvalue weighted by Gasteiger charge is -2.39. The molecule has 300 valence electrons. The number of piperidine rings is 2. The molecule has 16 heteroatoms. The Hall–Kier alpha value is -5.25. The Morgan fingerprint density at radius 1 is 0.931 bits per heavy atom. The molecule has 14 nitrogen and oxygen atoms in total. The largest absolute Gasteiger partial charge is 0.369 e. The number of imide groups is 2. The van der Waals surface area contributed by atoms with Gasteiger partial charge in [-0.3, -0.25) is 48.6 Å². The number of anilines is 1. The number of hydrogen-bond acceptors (Lipinski definition) is 11. The van der Waals surface area contributed by atoms with Gasteiger partial charge in [0.25, 0.3) is 11.8 Å². The van der Waals surface area contributed by atoms with E-state index >= 15 is 0 Å². The molecule has 9 rings (SSSR count). The number of carbonyl (C=O) groups excluding carboxylic acids is 5. The third-order valence-electron chi connectivity index (χ3n) is 11.4. The fourth-order valence-corrected chi connectivity index (χ4v) is 9.49. The van der Waals surface area contributed by atoms with Crippen molar-refractivity contribution in [2.45, 2.75) is 65.0 Å². The summed E-state index contributed by atoms with van der Waals surface area (Å²) in [6.07, 6.45) is 0.284. The summed E-state index contributed by atoms with van der Waals surface area (Å²) in [5.41, 5.74) is 2.59. The highest BCUT2D eigenvalue weighted by Gasteiger charge is 2.45. The number of hydrogen-bond donors (Lipinski definition) is 1. The van der Waals surface area contributed by atoms with E-state index in [-0.39, 0.29) is 62.2 Å². The average Bonchev–Trinajstić information content (AvgIpc) is 3.83. The SMILES string of the molecule is [2H]C1([2H])N(CC2CCN(C(=O)C[C@@H]3N=C(c4ccc(Cl)cc4)c4c(sc(C)c4C)-n4c(C)nnc43)CC2)C([2H])([2H])C([2H])([2H])N(c2ccc3c(c2)C(=O)N(C2CCC(=O)NC2=O)C3=O)C1([2H])[2H]. The van der Waals surface area contributed by atoms with Gasteiger partial charge in [-0.15, -0.1) is 21.5 Å². The standard InChI is InChI=1S/C42H44ClN9O5S/c1-23-24(2)58-42-36(23)37(27-4-6-28(43)7-5-27)44-32(38-47-46-25(3)51(38)42)21-35(54)50-14-12-26(13-15-50)22-48-16-18-49(19-17-48)29-8-9-30-31(20-29)41(57)52(40(30)56)33-10-11-34(53)45-39(33)55/h4-9,20,26,32-33H,10-19,21-22H2,1-3H3,(H,45,53,55)/t32-,33?/m0/s1/i16D2,17D2,18D2,19D2. The number of rotatable bonds is 7. The van der Waals surface area contributed by atoms with Crippen LogP contribution in [0.25, 0.3) is 5.00 Å². The van der Waals surface area contributed by atoms with Gasteiger partial charge in [-0.25, -0.2) is 0 Å². The summed E-state index contributed by atoms with van der Waals surface area (Å²) >= 11 is 7.85. The zero-order valence-electron chi connectivity index (χ0n) is 39.8. The third-order valence-corrected chi connectivity index (χ3v) is 12.9. The molecule has 0 bridgehead atoms. The van der Waals surface area contributed by atoms with Crippen molar-refractivity contribution in [2.75, 3.05) is 50.5 Å². The van der Waals surface area contributed by atoms with E-state index in [0.717, 1.165) is 44.8 Å². The molecule has 3 saturated heterocycles. The van der Waals surface area contributed by atoms with Crippen molar-refractivity contribution >= 4 is 63.9 Å². The van der Waals surface area contributed by atoms with Crippen molar-refractivity contribution in [1.82, 2.24) is 34.8 Å². The molecule has 0 saturated carbocycles. The number of likely N-dealkylation sites (tertiary alicyclic amines) is 1. The zero-order valence-corrected chi connectivity index (χ0v) is 33.4. The van der Waals surface area contributed by atoms with Gasteiger partial charge in [-0.1, -0.05) is 23.7 Å². The van der Waals surface area contributed by atoms with Crippen molar-refractivity contribution in [1.29, 1.82) is 0 Å². The number of carbonyl (C=O) groups is 5. The van der Waals surface area contributed by atoms with Gasteiger partial charge in [0.15, 0.2) is 5.82 Å². The summed E-state index contributed by atoms with van der Waals surface area (Å²) in [6.45, 7) is -6.95. The normalized spacial score (nSPS) is 27.0. The first-order valence-electron chi connectivity index (χ1n) is 23.0. The van der Waals surface area contributed by atoms with Crippen LogP contribution in [0.5, 0.6) is 0 Å². The Labute approximate surface area is 356 Å². The Morgan fingerprint density at radius 2 is 1.66 bits per heavy atom. The quantitative estimate of drug-likeness (QED) is 0.263. The van der Waals surface area contributed by atoms with Crippen LogP contribution in [0.3, 0.4) is 0 Å². The molecule has 7 heterocycles. The van der Waals surface area contributed by atoms with Gasteiger partial charge in [0.05, 0.1) is 28.7 Å². The molecule has 0 spiro atoms. The van der Waals surface area contributed by atoms with Crippen molar-refractivity contribution in [2.24, 2.45) is 10.9 Å². The van der Waals surface area contributed by atoms with Crippen LogP contribution in [-0.2, 0) is 14.4 Å². The number of thiophene rings is 1. The van der Waals surface area contributed by atoms with Gasteiger partial charge in [0.2, 0.25) is 17.7 Å². The van der Waals surface area contributed by atoms with Crippen molar-refractivity contribution in [3.63, 3.8) is 0 Å². The maximum Gasteiger partial charge on any atom is 0.262 e. The zero-order chi connectivity index (χ0) is 47.6. The number of aromatic nitrogens is 3. The molecule has 2 atom stereocenters. The smallest absolute Gasteiger partial charge is 0.262 e. The summed E-state index contributed by atoms with van der Waals surface area (Å²) in [5, 5.41) is 12.4. The molecular formula is C42H44ClN9O5S. The van der Waals surface area contributed by atoms with Crippen LogP contribution in [0.2, 0.25) is 5.02 Å². The van der Waals surface area contributed by atoms with E-state index in [2.05, 4.69) is 15.5 Å². The van der Waals surface area contributed by atoms with Crippen molar-refractivity contribution in [3.8, 4) is 5.00 Å². The average molecular weight is 830 g/mol. The first kappa shape index (κ1) is 29.9. The molecule has 0 aliphatic carbocycles. The number of aryl methyl sites for hydroxylation is 2. The van der Waals surface area contributed by atoms with Crippen LogP contribution in [0.15, 0.2) is 47.5 Å². The Balaban J connectivity index is 0.924. The molecular weight excluding hydrogens is 778 g/mol. The molecule has 1 unspecified atom stereocenters. The highest BCUT2D eigenvalue weighted by molar-refractivity contribution is 7.15. The summed E-state index contributed by atoms with van der Waals surface area (Å²) in [7, 11) is 0. The highest BCUT2D eigenvalue weighted by atomic mass is 35.5. The molecule has 5 aliphatic rings. The van der Waals surface area contributed by atoms with Crippen LogP contribution in [0.1, 0.15) is 103 Å². The number of aliphatic imine (C=N–C) groups is 1. The minimum absolute atomic E-state index is 0.0439. The monoisotopic (exact) mass is 829 g/mol. The van der Waals surface area contributed by atoms with E-state index < -0.39 is 79.8 Å². The second-order valence-corrected chi connectivity index (χ2v) is 16.6. The molecule has 5 amide bonds. The molecule has 2 aromatic carbocycles. The summed E-state index contributed by atoms with van der Waals surface area (Å²) in [4.78, 5) is 75.0. The van der Waals surface area contributed by atoms with E-state index in [1.165, 1.54) is 0 Å². The number of fused-ring (bicyclic) bond motifs is 4. The van der Waals surface area contributed by atoms with E-state index in [9.17, 15) is 24.0 Å². The minimum Gasteiger partial charge on any atom is -0.369 e. The van der Waals surface area contributed by atoms with Gasteiger partial charge < -0.3 is 9.80 Å². The number of halogens is 1. The van der Waals surface area contributed by atoms with E-state index in [0.29, 0.717) is 37.1 Å². The van der Waals surface area contributed by atoms with Crippen LogP contribution in [-0.4, -0.2) is 116 Å². The van der Waals surface area contributed by atoms with Gasteiger partial charge >= 0.3 is 0 Å². The minimum atomic E-state index is -3.27. The van der Waals surface area contributed by atoms with Crippen molar-refractivity contribution < 1.29 is 34.9 Å². The molecule has 1 N–H and O–H groups in total. The number of piperazine rings is 1. The predicted molar refractivity (Wildman–Crippen MR) is 219 cm³/mol. The van der Waals surface area contributed by atoms with Crippen molar-refractivity contribution in [3.05, 3.63) is 91.8 Å². The molecule has 58 heavy (non-hydrogen) atoms. The van der Waals surface area contributed by atoms with Crippen LogP contribution >= 0.6 is 22.9 Å². The number of amides is 5. The second-order valence-electron chi connectivity index (χ2n) is 15.0. The summed E-state index contributed by atoms with van der Waals surface area (Å²) in [6, 6.07) is 8.57. The molecule has 3 fully saturated rings. The van der Waals surface area contributed by atoms with Crippen LogP contribution in [0, 0.1) is 26.7 Å². The van der Waals surface area contributed by atoms with E-state index in [4.69, 9.17) is 27.6 Å². The molecule has 4 aromatic rings. The molecule has 0 radical (unpaired) electrons. The summed E-state index contributed by atoms with van der Waals surface area (Å²) in [5.74, 6) is -2.74. The fraction of sp³-hybridized carbons (Fsp3) is 0.429. The Kier molecular flexibility index (Phi) is 7.81. The Bertz CT molecular complexity index is 2750. The van der Waals surface area contributed by atoms with Gasteiger partial charge in [-0.05, 0) is 81.8 Å². The van der Waals surface area contributed by atoms with Gasteiger partial charge in [0.1, 0.15) is 22.9 Å². The van der Waals surface area contributed by atoms with Crippen LogP contribution in [0.4, 0.5) is 5.69 Å². The molecule has 2 aromatic heterocycles. The third kappa shape index (κ3) is 6.82. The highest BCUT2D eigenvalue weighted by Crippen LogP contribution is 2.40. The van der Waals surface area contributed by atoms with E-state index in [1.54, 1.807) is 28.4 Å². The predicted octanol–water partition coefficient (Wildman–Crippen LogP) is 4.65. The maximum atomic E-state index is 14.2. The Morgan fingerprint density at radius 3 is 2.38 bits per heavy atom. The van der Waals surface area contributed by atoms with Gasteiger partial charge in [0, 0.05) is 84.2 Å². The number of nitrogens with zero attached hydrogens (tertiary/aromatic N) is 8. The van der Waals surface area contributed by atoms with E-state index in [1.807, 2.05) is 37.5 Å². The summed E-state index contributed by atoms with van der Waals surface area (Å²) < 4.78 is 74.7. The maximum absolute atomic E-state index is 14.2. The lowest BCUT2D eigenvalue weighted by atomic mass is 9.95.